The van der Waals surface area contributed by atoms with Crippen LogP contribution in [0.15, 0.2) is 110 Å². The van der Waals surface area contributed by atoms with Crippen molar-refractivity contribution >= 4 is 59.4 Å². The summed E-state index contributed by atoms with van der Waals surface area (Å²) in [6.45, 7) is 0. The second kappa shape index (κ2) is 8.77. The summed E-state index contributed by atoms with van der Waals surface area (Å²) in [6, 6.07) is 33.8. The highest BCUT2D eigenvalue weighted by molar-refractivity contribution is 9.11. The van der Waals surface area contributed by atoms with Gasteiger partial charge < -0.3 is 0 Å². The van der Waals surface area contributed by atoms with Crippen LogP contribution in [-0.2, 0) is 5.41 Å². The van der Waals surface area contributed by atoms with Crippen LogP contribution in [0.4, 0.5) is 0 Å². The number of hydrogen-bond acceptors (Lipinski definition) is 0. The molecular formula is C25H16Br3Cl. The lowest BCUT2D eigenvalue weighted by Gasteiger charge is -2.37. The smallest absolute Gasteiger partial charge is 0.0701 e. The molecular weight excluding hydrogens is 575 g/mol. The molecule has 0 unspecified atom stereocenters. The molecule has 0 aliphatic heterocycles. The molecule has 0 heterocycles. The highest BCUT2D eigenvalue weighted by Crippen LogP contribution is 2.46. The topological polar surface area (TPSA) is 0 Å². The van der Waals surface area contributed by atoms with Gasteiger partial charge in [0.1, 0.15) is 0 Å². The standard InChI is InChI=1S/C25H16Br3Cl/c26-21-9-1-17(2-10-21)25(18-3-11-22(27)12-4-18,19-5-13-23(28)14-6-19)20-7-15-24(29)16-8-20/h1-16H. The van der Waals surface area contributed by atoms with Gasteiger partial charge in [0.2, 0.25) is 0 Å². The van der Waals surface area contributed by atoms with Gasteiger partial charge >= 0.3 is 0 Å². The molecule has 29 heavy (non-hydrogen) atoms. The Hall–Kier alpha value is -1.39. The average molecular weight is 592 g/mol. The Morgan fingerprint density at radius 3 is 0.931 bits per heavy atom. The lowest BCUT2D eigenvalue weighted by Crippen LogP contribution is -2.31. The Bertz CT molecular complexity index is 913. The van der Waals surface area contributed by atoms with Crippen LogP contribution < -0.4 is 0 Å². The van der Waals surface area contributed by atoms with Crippen LogP contribution in [0.5, 0.6) is 0 Å². The molecule has 0 bridgehead atoms. The quantitative estimate of drug-likeness (QED) is 0.208. The zero-order chi connectivity index (χ0) is 20.4. The van der Waals surface area contributed by atoms with Crippen molar-refractivity contribution in [1.29, 1.82) is 0 Å². The summed E-state index contributed by atoms with van der Waals surface area (Å²) in [5, 5.41) is 0.727. The summed E-state index contributed by atoms with van der Waals surface area (Å²) in [4.78, 5) is 0. The zero-order valence-electron chi connectivity index (χ0n) is 15.2. The van der Waals surface area contributed by atoms with E-state index in [0.29, 0.717) is 0 Å². The van der Waals surface area contributed by atoms with Gasteiger partial charge in [-0.05, 0) is 70.8 Å². The maximum Gasteiger partial charge on any atom is 0.0701 e. The summed E-state index contributed by atoms with van der Waals surface area (Å²) in [7, 11) is 0. The fourth-order valence-corrected chi connectivity index (χ4v) is 4.72. The first kappa shape index (κ1) is 20.9. The molecule has 4 aromatic rings. The van der Waals surface area contributed by atoms with Gasteiger partial charge in [-0.15, -0.1) is 0 Å². The molecule has 0 atom stereocenters. The molecule has 4 aromatic carbocycles. The molecule has 0 aliphatic rings. The first-order valence-electron chi connectivity index (χ1n) is 9.04. The number of rotatable bonds is 4. The molecule has 0 N–H and O–H groups in total. The van der Waals surface area contributed by atoms with Crippen LogP contribution in [0, 0.1) is 0 Å². The Balaban J connectivity index is 2.11. The molecule has 0 radical (unpaired) electrons. The minimum atomic E-state index is -0.479. The molecule has 0 saturated carbocycles. The minimum absolute atomic E-state index is 0.479. The first-order chi connectivity index (χ1) is 14.0. The Morgan fingerprint density at radius 2 is 0.655 bits per heavy atom. The van der Waals surface area contributed by atoms with Gasteiger partial charge in [-0.3, -0.25) is 0 Å². The molecule has 4 heteroatoms. The maximum absolute atomic E-state index is 6.24. The predicted molar refractivity (Wildman–Crippen MR) is 133 cm³/mol. The van der Waals surface area contributed by atoms with Crippen LogP contribution >= 0.6 is 59.4 Å². The van der Waals surface area contributed by atoms with Crippen molar-refractivity contribution in [1.82, 2.24) is 0 Å². The van der Waals surface area contributed by atoms with Gasteiger partial charge in [0.25, 0.3) is 0 Å². The summed E-state index contributed by atoms with van der Waals surface area (Å²) >= 11 is 17.0. The molecule has 0 spiro atoms. The van der Waals surface area contributed by atoms with Gasteiger partial charge in [-0.1, -0.05) is 108 Å². The van der Waals surface area contributed by atoms with Gasteiger partial charge in [0, 0.05) is 18.4 Å². The summed E-state index contributed by atoms with van der Waals surface area (Å²) < 4.78 is 3.16. The number of benzene rings is 4. The SMILES string of the molecule is Clc1ccc(C(c2ccc(Br)cc2)(c2ccc(Br)cc2)c2ccc(Br)cc2)cc1. The van der Waals surface area contributed by atoms with E-state index in [-0.39, 0.29) is 0 Å². The second-order valence-corrected chi connectivity index (χ2v) is 9.96. The third-order valence-corrected chi connectivity index (χ3v) is 6.95. The number of halogens is 4. The van der Waals surface area contributed by atoms with Crippen molar-refractivity contribution in [2.45, 2.75) is 5.41 Å². The third kappa shape index (κ3) is 4.11. The Labute approximate surface area is 201 Å². The molecule has 0 nitrogen and oxygen atoms in total. The predicted octanol–water partition coefficient (Wildman–Crippen LogP) is 9.01. The van der Waals surface area contributed by atoms with Crippen molar-refractivity contribution in [3.8, 4) is 0 Å². The van der Waals surface area contributed by atoms with Crippen LogP contribution in [0.1, 0.15) is 22.3 Å². The van der Waals surface area contributed by atoms with E-state index in [1.807, 2.05) is 12.1 Å². The van der Waals surface area contributed by atoms with Crippen molar-refractivity contribution in [3.63, 3.8) is 0 Å². The van der Waals surface area contributed by atoms with Crippen molar-refractivity contribution < 1.29 is 0 Å². The summed E-state index contributed by atoms with van der Waals surface area (Å²) in [5.74, 6) is 0. The van der Waals surface area contributed by atoms with Crippen molar-refractivity contribution in [3.05, 3.63) is 138 Å². The minimum Gasteiger partial charge on any atom is -0.0843 e. The molecule has 0 aromatic heterocycles. The van der Waals surface area contributed by atoms with E-state index in [2.05, 4.69) is 133 Å². The average Bonchev–Trinajstić information content (AvgIpc) is 2.73. The fraction of sp³-hybridized carbons (Fsp3) is 0.0400. The van der Waals surface area contributed by atoms with Gasteiger partial charge in [0.15, 0.2) is 0 Å². The highest BCUT2D eigenvalue weighted by Gasteiger charge is 2.38. The molecule has 144 valence electrons. The van der Waals surface area contributed by atoms with Crippen molar-refractivity contribution in [2.75, 3.05) is 0 Å². The van der Waals surface area contributed by atoms with E-state index in [1.54, 1.807) is 0 Å². The van der Waals surface area contributed by atoms with E-state index in [0.717, 1.165) is 24.0 Å². The third-order valence-electron chi connectivity index (χ3n) is 5.11. The normalized spacial score (nSPS) is 11.4. The van der Waals surface area contributed by atoms with E-state index in [1.165, 1.54) is 16.7 Å². The van der Waals surface area contributed by atoms with Gasteiger partial charge in [-0.25, -0.2) is 0 Å². The summed E-state index contributed by atoms with van der Waals surface area (Å²) in [5.41, 5.74) is 4.24. The van der Waals surface area contributed by atoms with Crippen LogP contribution in [0.25, 0.3) is 0 Å². The van der Waals surface area contributed by atoms with E-state index in [4.69, 9.17) is 11.6 Å². The highest BCUT2D eigenvalue weighted by atomic mass is 79.9. The van der Waals surface area contributed by atoms with Crippen molar-refractivity contribution in [2.24, 2.45) is 0 Å². The van der Waals surface area contributed by atoms with Crippen LogP contribution in [-0.4, -0.2) is 0 Å². The number of hydrogen-bond donors (Lipinski definition) is 0. The zero-order valence-corrected chi connectivity index (χ0v) is 20.8. The lowest BCUT2D eigenvalue weighted by atomic mass is 9.65. The lowest BCUT2D eigenvalue weighted by molar-refractivity contribution is 0.744. The van der Waals surface area contributed by atoms with E-state index >= 15 is 0 Å². The van der Waals surface area contributed by atoms with Crippen LogP contribution in [0.2, 0.25) is 5.02 Å². The molecule has 0 aliphatic carbocycles. The summed E-state index contributed by atoms with van der Waals surface area (Å²) in [6.07, 6.45) is 0. The largest absolute Gasteiger partial charge is 0.0843 e. The van der Waals surface area contributed by atoms with E-state index < -0.39 is 5.41 Å². The first-order valence-corrected chi connectivity index (χ1v) is 11.8. The van der Waals surface area contributed by atoms with Gasteiger partial charge in [-0.2, -0.15) is 0 Å². The molecule has 0 amide bonds. The Kier molecular flexibility index (Phi) is 6.31. The monoisotopic (exact) mass is 588 g/mol. The van der Waals surface area contributed by atoms with E-state index in [9.17, 15) is 0 Å². The Morgan fingerprint density at radius 1 is 0.414 bits per heavy atom. The fourth-order valence-electron chi connectivity index (χ4n) is 3.80. The molecule has 4 rings (SSSR count). The second-order valence-electron chi connectivity index (χ2n) is 6.78. The molecule has 0 fully saturated rings. The van der Waals surface area contributed by atoms with Crippen LogP contribution in [0.3, 0.4) is 0 Å². The maximum atomic E-state index is 6.24. The van der Waals surface area contributed by atoms with Gasteiger partial charge in [0.05, 0.1) is 5.41 Å². The molecule has 0 saturated heterocycles.